The van der Waals surface area contributed by atoms with Gasteiger partial charge in [-0.15, -0.1) is 0 Å². The summed E-state index contributed by atoms with van der Waals surface area (Å²) in [6, 6.07) is 1.90. The third-order valence-corrected chi connectivity index (χ3v) is 6.37. The second-order valence-electron chi connectivity index (χ2n) is 7.22. The molecule has 152 valence electrons. The minimum atomic E-state index is -3.09. The topological polar surface area (TPSA) is 94.3 Å². The molecule has 1 aromatic rings. The molecule has 3 rings (SSSR count). The van der Waals surface area contributed by atoms with Crippen LogP contribution in [0.4, 0.5) is 0 Å². The number of guanidine groups is 1. The molecule has 1 unspecified atom stereocenters. The van der Waals surface area contributed by atoms with E-state index in [9.17, 15) is 8.42 Å². The molecule has 0 amide bonds. The zero-order chi connectivity index (χ0) is 19.3. The van der Waals surface area contributed by atoms with Crippen molar-refractivity contribution in [2.24, 2.45) is 10.9 Å². The van der Waals surface area contributed by atoms with Gasteiger partial charge in [0.05, 0.1) is 11.9 Å². The molecule has 1 N–H and O–H groups in total. The van der Waals surface area contributed by atoms with E-state index in [4.69, 9.17) is 9.52 Å². The smallest absolute Gasteiger partial charge is 0.211 e. The van der Waals surface area contributed by atoms with Crippen molar-refractivity contribution in [3.8, 4) is 0 Å². The first-order valence-electron chi connectivity index (χ1n) is 9.55. The summed E-state index contributed by atoms with van der Waals surface area (Å²) in [4.78, 5) is 9.44. The zero-order valence-corrected chi connectivity index (χ0v) is 17.0. The molecular weight excluding hydrogens is 368 g/mol. The van der Waals surface area contributed by atoms with E-state index in [2.05, 4.69) is 27.2 Å². The van der Waals surface area contributed by atoms with Gasteiger partial charge in [-0.05, 0) is 19.3 Å². The molecule has 0 spiro atoms. The summed E-state index contributed by atoms with van der Waals surface area (Å²) in [6.45, 7) is 9.24. The fourth-order valence-electron chi connectivity index (χ4n) is 3.55. The third kappa shape index (κ3) is 5.66. The van der Waals surface area contributed by atoms with E-state index >= 15 is 0 Å². The number of piperazine rings is 1. The van der Waals surface area contributed by atoms with Crippen LogP contribution in [0.15, 0.2) is 21.8 Å². The van der Waals surface area contributed by atoms with Crippen molar-refractivity contribution in [2.75, 3.05) is 58.6 Å². The van der Waals surface area contributed by atoms with E-state index in [0.29, 0.717) is 25.6 Å². The fourth-order valence-corrected chi connectivity index (χ4v) is 4.47. The van der Waals surface area contributed by atoms with Gasteiger partial charge in [0, 0.05) is 65.0 Å². The molecule has 1 atom stereocenters. The highest BCUT2D eigenvalue weighted by Crippen LogP contribution is 2.19. The quantitative estimate of drug-likeness (QED) is 0.534. The van der Waals surface area contributed by atoms with E-state index < -0.39 is 10.0 Å². The van der Waals surface area contributed by atoms with Crippen LogP contribution in [-0.2, 0) is 16.6 Å². The number of hydrogen-bond donors (Lipinski definition) is 1. The number of rotatable bonds is 6. The van der Waals surface area contributed by atoms with Gasteiger partial charge in [0.15, 0.2) is 5.96 Å². The lowest BCUT2D eigenvalue weighted by molar-refractivity contribution is 0.169. The van der Waals surface area contributed by atoms with Gasteiger partial charge < -0.3 is 14.7 Å². The molecule has 0 radical (unpaired) electrons. The molecule has 0 aromatic carbocycles. The van der Waals surface area contributed by atoms with Crippen LogP contribution in [0.2, 0.25) is 0 Å². The normalized spacial score (nSPS) is 23.1. The van der Waals surface area contributed by atoms with Crippen LogP contribution in [-0.4, -0.2) is 92.3 Å². The minimum Gasteiger partial charge on any atom is -0.364 e. The molecule has 10 heteroatoms. The van der Waals surface area contributed by atoms with Crippen LogP contribution in [0.5, 0.6) is 0 Å². The van der Waals surface area contributed by atoms with Gasteiger partial charge in [-0.3, -0.25) is 9.89 Å². The Hall–Kier alpha value is -1.65. The molecule has 9 nitrogen and oxygen atoms in total. The van der Waals surface area contributed by atoms with Crippen LogP contribution in [0.3, 0.4) is 0 Å². The Morgan fingerprint density at radius 2 is 2.11 bits per heavy atom. The number of nitrogens with one attached hydrogen (secondary N) is 1. The Morgan fingerprint density at radius 3 is 2.70 bits per heavy atom. The second-order valence-corrected chi connectivity index (χ2v) is 9.21. The zero-order valence-electron chi connectivity index (χ0n) is 16.2. The SMILES string of the molecule is CCNC(=NCC1CCN(S(C)(=O)=O)C1)N1CCN(Cc2ccon2)CC1. The van der Waals surface area contributed by atoms with Crippen LogP contribution in [0.25, 0.3) is 0 Å². The highest BCUT2D eigenvalue weighted by molar-refractivity contribution is 7.88. The van der Waals surface area contributed by atoms with Gasteiger partial charge in [-0.25, -0.2) is 12.7 Å². The molecule has 27 heavy (non-hydrogen) atoms. The summed E-state index contributed by atoms with van der Waals surface area (Å²) < 4.78 is 29.8. The van der Waals surface area contributed by atoms with Crippen molar-refractivity contribution in [3.05, 3.63) is 18.0 Å². The van der Waals surface area contributed by atoms with E-state index in [1.807, 2.05) is 6.07 Å². The van der Waals surface area contributed by atoms with Crippen molar-refractivity contribution in [3.63, 3.8) is 0 Å². The molecule has 1 aromatic heterocycles. The van der Waals surface area contributed by atoms with Crippen molar-refractivity contribution < 1.29 is 12.9 Å². The predicted molar refractivity (Wildman–Crippen MR) is 104 cm³/mol. The highest BCUT2D eigenvalue weighted by atomic mass is 32.2. The highest BCUT2D eigenvalue weighted by Gasteiger charge is 2.28. The van der Waals surface area contributed by atoms with Crippen molar-refractivity contribution in [1.29, 1.82) is 0 Å². The minimum absolute atomic E-state index is 0.293. The first kappa shape index (κ1) is 20.1. The fraction of sp³-hybridized carbons (Fsp3) is 0.765. The maximum Gasteiger partial charge on any atom is 0.211 e. The van der Waals surface area contributed by atoms with Crippen molar-refractivity contribution >= 4 is 16.0 Å². The van der Waals surface area contributed by atoms with Gasteiger partial charge in [0.1, 0.15) is 6.26 Å². The molecule has 0 bridgehead atoms. The van der Waals surface area contributed by atoms with Crippen LogP contribution < -0.4 is 5.32 Å². The van der Waals surface area contributed by atoms with Gasteiger partial charge in [-0.2, -0.15) is 0 Å². The number of aliphatic imine (C=N–C) groups is 1. The maximum absolute atomic E-state index is 11.7. The lowest BCUT2D eigenvalue weighted by Crippen LogP contribution is -2.52. The number of aromatic nitrogens is 1. The van der Waals surface area contributed by atoms with Gasteiger partial charge >= 0.3 is 0 Å². The second kappa shape index (κ2) is 9.03. The van der Waals surface area contributed by atoms with Crippen LogP contribution in [0, 0.1) is 5.92 Å². The van der Waals surface area contributed by atoms with Gasteiger partial charge in [0.2, 0.25) is 10.0 Å². The molecule has 2 aliphatic rings. The van der Waals surface area contributed by atoms with E-state index in [1.54, 1.807) is 10.6 Å². The van der Waals surface area contributed by atoms with E-state index in [0.717, 1.165) is 57.3 Å². The van der Waals surface area contributed by atoms with Gasteiger partial charge in [0.25, 0.3) is 0 Å². The molecule has 2 fully saturated rings. The van der Waals surface area contributed by atoms with Crippen LogP contribution in [0.1, 0.15) is 19.0 Å². The summed E-state index contributed by atoms with van der Waals surface area (Å²) >= 11 is 0. The first-order chi connectivity index (χ1) is 13.0. The number of nitrogens with zero attached hydrogens (tertiary/aromatic N) is 5. The standard InChI is InChI=1S/C17H30N6O3S/c1-3-18-17(19-12-15-4-6-23(13-15)27(2,24)25)22-9-7-21(8-10-22)14-16-5-11-26-20-16/h5,11,15H,3-4,6-10,12-14H2,1-2H3,(H,18,19). The Morgan fingerprint density at radius 1 is 1.33 bits per heavy atom. The number of hydrogen-bond acceptors (Lipinski definition) is 6. The van der Waals surface area contributed by atoms with Gasteiger partial charge in [-0.1, -0.05) is 5.16 Å². The molecule has 0 saturated carbocycles. The maximum atomic E-state index is 11.7. The van der Waals surface area contributed by atoms with Crippen molar-refractivity contribution in [2.45, 2.75) is 19.9 Å². The first-order valence-corrected chi connectivity index (χ1v) is 11.4. The lowest BCUT2D eigenvalue weighted by atomic mass is 10.1. The molecule has 2 aliphatic heterocycles. The Kier molecular flexibility index (Phi) is 6.72. The Bertz CT molecular complexity index is 713. The molecule has 0 aliphatic carbocycles. The molecular formula is C17H30N6O3S. The molecule has 3 heterocycles. The predicted octanol–water partition coefficient (Wildman–Crippen LogP) is 0.0392. The summed E-state index contributed by atoms with van der Waals surface area (Å²) in [7, 11) is -3.09. The Balaban J connectivity index is 1.51. The van der Waals surface area contributed by atoms with E-state index in [-0.39, 0.29) is 0 Å². The monoisotopic (exact) mass is 398 g/mol. The summed E-state index contributed by atoms with van der Waals surface area (Å²) in [5.74, 6) is 1.22. The average molecular weight is 399 g/mol. The third-order valence-electron chi connectivity index (χ3n) is 5.10. The summed E-state index contributed by atoms with van der Waals surface area (Å²) in [5.41, 5.74) is 0.959. The number of sulfonamides is 1. The largest absolute Gasteiger partial charge is 0.364 e. The van der Waals surface area contributed by atoms with Crippen LogP contribution >= 0.6 is 0 Å². The average Bonchev–Trinajstić information content (AvgIpc) is 3.31. The summed E-state index contributed by atoms with van der Waals surface area (Å²) in [6.07, 6.45) is 3.76. The Labute approximate surface area is 161 Å². The van der Waals surface area contributed by atoms with E-state index in [1.165, 1.54) is 6.26 Å². The van der Waals surface area contributed by atoms with Crippen molar-refractivity contribution in [1.82, 2.24) is 24.6 Å². The summed E-state index contributed by atoms with van der Waals surface area (Å²) in [5, 5.41) is 7.35. The molecule has 2 saturated heterocycles. The lowest BCUT2D eigenvalue weighted by Gasteiger charge is -2.36.